The second-order valence-corrected chi connectivity index (χ2v) is 3.52. The monoisotopic (exact) mass is 174 g/mol. The number of benzene rings is 1. The fourth-order valence-electron chi connectivity index (χ4n) is 1.89. The molecule has 1 N–H and O–H groups in total. The molecule has 1 aliphatic rings. The summed E-state index contributed by atoms with van der Waals surface area (Å²) in [4.78, 5) is 0. The van der Waals surface area contributed by atoms with Crippen molar-refractivity contribution in [2.75, 3.05) is 0 Å². The molecular formula is C12H14O. The highest BCUT2D eigenvalue weighted by molar-refractivity contribution is 5.73. The second-order valence-electron chi connectivity index (χ2n) is 3.52. The van der Waals surface area contributed by atoms with Crippen LogP contribution in [0.3, 0.4) is 0 Å². The molecule has 68 valence electrons. The van der Waals surface area contributed by atoms with Gasteiger partial charge in [-0.15, -0.1) is 0 Å². The molecule has 0 radical (unpaired) electrons. The summed E-state index contributed by atoms with van der Waals surface area (Å²) < 4.78 is 0. The topological polar surface area (TPSA) is 20.2 Å². The van der Waals surface area contributed by atoms with Gasteiger partial charge in [-0.1, -0.05) is 25.5 Å². The molecule has 0 atom stereocenters. The van der Waals surface area contributed by atoms with Crippen LogP contribution in [-0.2, 0) is 6.42 Å². The standard InChI is InChI=1S/C12H14O/c1-2-3-9-4-5-10-6-7-11(13)8-12(9)10/h4,6-8,13H,2-3,5H2,1H3. The summed E-state index contributed by atoms with van der Waals surface area (Å²) in [7, 11) is 0. The van der Waals surface area contributed by atoms with Crippen LogP contribution in [0.2, 0.25) is 0 Å². The lowest BCUT2D eigenvalue weighted by molar-refractivity contribution is 0.475. The van der Waals surface area contributed by atoms with Crippen molar-refractivity contribution in [1.29, 1.82) is 0 Å². The predicted octanol–water partition coefficient (Wildman–Crippen LogP) is 3.13. The molecule has 0 unspecified atom stereocenters. The average Bonchev–Trinajstić information content (AvgIpc) is 2.49. The van der Waals surface area contributed by atoms with E-state index in [0.29, 0.717) is 5.75 Å². The molecule has 0 amide bonds. The molecule has 0 bridgehead atoms. The molecule has 0 fully saturated rings. The van der Waals surface area contributed by atoms with Gasteiger partial charge in [0.05, 0.1) is 0 Å². The molecule has 0 aromatic heterocycles. The number of phenols is 1. The first-order chi connectivity index (χ1) is 6.31. The molecule has 0 saturated heterocycles. The Labute approximate surface area is 78.7 Å². The van der Waals surface area contributed by atoms with Gasteiger partial charge in [0.2, 0.25) is 0 Å². The van der Waals surface area contributed by atoms with E-state index >= 15 is 0 Å². The van der Waals surface area contributed by atoms with Crippen molar-refractivity contribution in [3.63, 3.8) is 0 Å². The van der Waals surface area contributed by atoms with Crippen LogP contribution in [0.15, 0.2) is 24.3 Å². The largest absolute Gasteiger partial charge is 0.508 e. The van der Waals surface area contributed by atoms with Crippen molar-refractivity contribution < 1.29 is 5.11 Å². The number of aromatic hydroxyl groups is 1. The van der Waals surface area contributed by atoms with E-state index in [-0.39, 0.29) is 0 Å². The number of hydrogen-bond donors (Lipinski definition) is 1. The molecule has 1 heteroatoms. The minimum Gasteiger partial charge on any atom is -0.508 e. The summed E-state index contributed by atoms with van der Waals surface area (Å²) in [6, 6.07) is 5.66. The van der Waals surface area contributed by atoms with Crippen molar-refractivity contribution in [3.05, 3.63) is 35.4 Å². The van der Waals surface area contributed by atoms with Crippen LogP contribution >= 0.6 is 0 Å². The highest BCUT2D eigenvalue weighted by atomic mass is 16.3. The average molecular weight is 174 g/mol. The Morgan fingerprint density at radius 2 is 2.23 bits per heavy atom. The van der Waals surface area contributed by atoms with Crippen LogP contribution in [0.4, 0.5) is 0 Å². The second kappa shape index (κ2) is 3.25. The van der Waals surface area contributed by atoms with Gasteiger partial charge in [-0.3, -0.25) is 0 Å². The zero-order valence-corrected chi connectivity index (χ0v) is 7.88. The Bertz CT molecular complexity index is 350. The van der Waals surface area contributed by atoms with E-state index in [1.807, 2.05) is 12.1 Å². The number of phenolic OH excluding ortho intramolecular Hbond substituents is 1. The van der Waals surface area contributed by atoms with E-state index in [9.17, 15) is 5.11 Å². The highest BCUT2D eigenvalue weighted by Crippen LogP contribution is 2.32. The fourth-order valence-corrected chi connectivity index (χ4v) is 1.89. The van der Waals surface area contributed by atoms with E-state index in [2.05, 4.69) is 13.0 Å². The third-order valence-corrected chi connectivity index (χ3v) is 2.53. The van der Waals surface area contributed by atoms with E-state index in [1.54, 1.807) is 6.07 Å². The molecule has 0 heterocycles. The molecule has 1 nitrogen and oxygen atoms in total. The first-order valence-corrected chi connectivity index (χ1v) is 4.82. The number of allylic oxidation sites excluding steroid dienone is 2. The van der Waals surface area contributed by atoms with Gasteiger partial charge < -0.3 is 5.11 Å². The summed E-state index contributed by atoms with van der Waals surface area (Å²) in [5, 5.41) is 9.36. The molecular weight excluding hydrogens is 160 g/mol. The van der Waals surface area contributed by atoms with Gasteiger partial charge in [0.25, 0.3) is 0 Å². The van der Waals surface area contributed by atoms with Crippen LogP contribution in [0.25, 0.3) is 5.57 Å². The normalized spacial score (nSPS) is 14.1. The SMILES string of the molecule is CCCC1=CCc2ccc(O)cc21. The van der Waals surface area contributed by atoms with Gasteiger partial charge in [0.15, 0.2) is 0 Å². The Morgan fingerprint density at radius 1 is 1.38 bits per heavy atom. The van der Waals surface area contributed by atoms with Crippen LogP contribution in [-0.4, -0.2) is 5.11 Å². The van der Waals surface area contributed by atoms with Crippen LogP contribution in [0, 0.1) is 0 Å². The van der Waals surface area contributed by atoms with Gasteiger partial charge >= 0.3 is 0 Å². The number of fused-ring (bicyclic) bond motifs is 1. The molecule has 1 aromatic carbocycles. The first-order valence-electron chi connectivity index (χ1n) is 4.82. The quantitative estimate of drug-likeness (QED) is 0.730. The zero-order chi connectivity index (χ0) is 9.26. The molecule has 1 aliphatic carbocycles. The summed E-state index contributed by atoms with van der Waals surface area (Å²) in [6.45, 7) is 2.18. The Hall–Kier alpha value is -1.24. The lowest BCUT2D eigenvalue weighted by atomic mass is 10.0. The number of rotatable bonds is 2. The Kier molecular flexibility index (Phi) is 2.09. The van der Waals surface area contributed by atoms with Gasteiger partial charge in [-0.05, 0) is 41.7 Å². The van der Waals surface area contributed by atoms with Crippen molar-refractivity contribution in [1.82, 2.24) is 0 Å². The molecule has 2 rings (SSSR count). The smallest absolute Gasteiger partial charge is 0.116 e. The van der Waals surface area contributed by atoms with Crippen LogP contribution in [0.1, 0.15) is 30.9 Å². The maximum Gasteiger partial charge on any atom is 0.116 e. The highest BCUT2D eigenvalue weighted by Gasteiger charge is 2.13. The van der Waals surface area contributed by atoms with Crippen molar-refractivity contribution >= 4 is 5.57 Å². The summed E-state index contributed by atoms with van der Waals surface area (Å²) in [5.41, 5.74) is 4.00. The zero-order valence-electron chi connectivity index (χ0n) is 7.88. The van der Waals surface area contributed by atoms with E-state index in [1.165, 1.54) is 23.1 Å². The van der Waals surface area contributed by atoms with E-state index in [0.717, 1.165) is 12.8 Å². The lowest BCUT2D eigenvalue weighted by Gasteiger charge is -2.04. The summed E-state index contributed by atoms with van der Waals surface area (Å²) >= 11 is 0. The molecule has 0 aliphatic heterocycles. The fraction of sp³-hybridized carbons (Fsp3) is 0.333. The minimum absolute atomic E-state index is 0.377. The van der Waals surface area contributed by atoms with Gasteiger partial charge in [0.1, 0.15) is 5.75 Å². The lowest BCUT2D eigenvalue weighted by Crippen LogP contribution is -1.83. The molecule has 0 spiro atoms. The maximum absolute atomic E-state index is 9.36. The van der Waals surface area contributed by atoms with Gasteiger partial charge in [-0.25, -0.2) is 0 Å². The van der Waals surface area contributed by atoms with Gasteiger partial charge in [0, 0.05) is 0 Å². The first kappa shape index (κ1) is 8.36. The Morgan fingerprint density at radius 3 is 3.00 bits per heavy atom. The number of hydrogen-bond acceptors (Lipinski definition) is 1. The Balaban J connectivity index is 2.36. The minimum atomic E-state index is 0.377. The molecule has 0 saturated carbocycles. The van der Waals surface area contributed by atoms with Crippen molar-refractivity contribution in [2.24, 2.45) is 0 Å². The third-order valence-electron chi connectivity index (χ3n) is 2.53. The van der Waals surface area contributed by atoms with Crippen molar-refractivity contribution in [2.45, 2.75) is 26.2 Å². The van der Waals surface area contributed by atoms with Gasteiger partial charge in [-0.2, -0.15) is 0 Å². The summed E-state index contributed by atoms with van der Waals surface area (Å²) in [6.07, 6.45) is 5.59. The molecule has 13 heavy (non-hydrogen) atoms. The summed E-state index contributed by atoms with van der Waals surface area (Å²) in [5.74, 6) is 0.377. The molecule has 1 aromatic rings. The third kappa shape index (κ3) is 1.46. The predicted molar refractivity (Wildman–Crippen MR) is 54.7 cm³/mol. The maximum atomic E-state index is 9.36. The van der Waals surface area contributed by atoms with Crippen LogP contribution < -0.4 is 0 Å². The van der Waals surface area contributed by atoms with E-state index in [4.69, 9.17) is 0 Å². The van der Waals surface area contributed by atoms with E-state index < -0.39 is 0 Å². The van der Waals surface area contributed by atoms with Crippen LogP contribution in [0.5, 0.6) is 5.75 Å². The van der Waals surface area contributed by atoms with Crippen molar-refractivity contribution in [3.8, 4) is 5.75 Å².